The van der Waals surface area contributed by atoms with E-state index in [1.807, 2.05) is 13.8 Å². The lowest BCUT2D eigenvalue weighted by molar-refractivity contribution is 0.322. The van der Waals surface area contributed by atoms with Crippen LogP contribution in [0.1, 0.15) is 38.1 Å². The first kappa shape index (κ1) is 15.5. The van der Waals surface area contributed by atoms with Gasteiger partial charge in [-0.3, -0.25) is 5.10 Å². The predicted molar refractivity (Wildman–Crippen MR) is 78.1 cm³/mol. The molecule has 2 N–H and O–H groups in total. The minimum atomic E-state index is -3.51. The summed E-state index contributed by atoms with van der Waals surface area (Å²) in [5, 5.41) is 10.1. The third-order valence-electron chi connectivity index (χ3n) is 3.77. The quantitative estimate of drug-likeness (QED) is 0.856. The smallest absolute Gasteiger partial charge is 0.247 e. The lowest BCUT2D eigenvalue weighted by Gasteiger charge is -2.28. The molecule has 0 saturated carbocycles. The van der Waals surface area contributed by atoms with E-state index < -0.39 is 10.0 Å². The Balaban J connectivity index is 2.32. The van der Waals surface area contributed by atoms with Crippen molar-refractivity contribution in [2.24, 2.45) is 0 Å². The molecule has 0 bridgehead atoms. The van der Waals surface area contributed by atoms with Gasteiger partial charge in [0.25, 0.3) is 0 Å². The highest BCUT2D eigenvalue weighted by Gasteiger charge is 2.33. The molecule has 1 saturated heterocycles. The van der Waals surface area contributed by atoms with Crippen molar-refractivity contribution < 1.29 is 8.42 Å². The van der Waals surface area contributed by atoms with Crippen LogP contribution in [0.2, 0.25) is 0 Å². The van der Waals surface area contributed by atoms with E-state index >= 15 is 0 Å². The number of aromatic amines is 1. The van der Waals surface area contributed by atoms with Gasteiger partial charge in [0.1, 0.15) is 4.90 Å². The first-order valence-corrected chi connectivity index (χ1v) is 8.55. The van der Waals surface area contributed by atoms with Crippen LogP contribution >= 0.6 is 0 Å². The van der Waals surface area contributed by atoms with Gasteiger partial charge in [-0.2, -0.15) is 9.40 Å². The predicted octanol–water partition coefficient (Wildman–Crippen LogP) is 1.18. The normalized spacial score (nSPS) is 20.2. The number of aromatic nitrogens is 2. The first-order valence-electron chi connectivity index (χ1n) is 7.11. The molecular weight excluding hydrogens is 276 g/mol. The van der Waals surface area contributed by atoms with Crippen molar-refractivity contribution in [2.45, 2.75) is 57.5 Å². The molecule has 1 aliphatic rings. The van der Waals surface area contributed by atoms with Gasteiger partial charge in [0.05, 0.1) is 11.4 Å². The van der Waals surface area contributed by atoms with E-state index in [0.717, 1.165) is 19.4 Å². The van der Waals surface area contributed by atoms with E-state index in [9.17, 15) is 8.42 Å². The van der Waals surface area contributed by atoms with Crippen LogP contribution in [-0.4, -0.2) is 48.1 Å². The Morgan fingerprint density at radius 2 is 2.10 bits per heavy atom. The van der Waals surface area contributed by atoms with Gasteiger partial charge in [0.15, 0.2) is 0 Å². The zero-order valence-electron chi connectivity index (χ0n) is 12.6. The molecule has 2 heterocycles. The molecule has 7 heteroatoms. The van der Waals surface area contributed by atoms with E-state index in [0.29, 0.717) is 22.8 Å². The molecule has 0 aromatic carbocycles. The summed E-state index contributed by atoms with van der Waals surface area (Å²) in [6, 6.07) is 0.177. The van der Waals surface area contributed by atoms with Gasteiger partial charge < -0.3 is 5.32 Å². The summed E-state index contributed by atoms with van der Waals surface area (Å²) in [6.07, 6.45) is 2.14. The summed E-state index contributed by atoms with van der Waals surface area (Å²) >= 11 is 0. The minimum Gasteiger partial charge on any atom is -0.313 e. The Morgan fingerprint density at radius 3 is 2.55 bits per heavy atom. The number of hydrogen-bond acceptors (Lipinski definition) is 4. The molecule has 1 aliphatic heterocycles. The fourth-order valence-electron chi connectivity index (χ4n) is 2.75. The van der Waals surface area contributed by atoms with Gasteiger partial charge in [-0.25, -0.2) is 8.42 Å². The largest absolute Gasteiger partial charge is 0.313 e. The topological polar surface area (TPSA) is 78.1 Å². The number of sulfonamides is 1. The van der Waals surface area contributed by atoms with E-state index in [2.05, 4.69) is 15.5 Å². The van der Waals surface area contributed by atoms with Crippen molar-refractivity contribution in [3.05, 3.63) is 11.4 Å². The van der Waals surface area contributed by atoms with Gasteiger partial charge in [-0.05, 0) is 47.1 Å². The zero-order chi connectivity index (χ0) is 14.9. The van der Waals surface area contributed by atoms with Crippen LogP contribution in [0, 0.1) is 13.8 Å². The lowest BCUT2D eigenvalue weighted by atomic mass is 10.2. The molecule has 20 heavy (non-hydrogen) atoms. The summed E-state index contributed by atoms with van der Waals surface area (Å²) in [6.45, 7) is 8.79. The fraction of sp³-hybridized carbons (Fsp3) is 0.769. The van der Waals surface area contributed by atoms with Crippen molar-refractivity contribution in [2.75, 3.05) is 13.1 Å². The molecule has 0 radical (unpaired) electrons. The molecular formula is C13H24N4O2S. The molecule has 0 spiro atoms. The molecule has 1 aromatic rings. The van der Waals surface area contributed by atoms with E-state index in [-0.39, 0.29) is 12.1 Å². The van der Waals surface area contributed by atoms with Crippen LogP contribution in [0.15, 0.2) is 4.90 Å². The Morgan fingerprint density at radius 1 is 1.40 bits per heavy atom. The van der Waals surface area contributed by atoms with Crippen LogP contribution in [-0.2, 0) is 10.0 Å². The van der Waals surface area contributed by atoms with Crippen molar-refractivity contribution in [3.8, 4) is 0 Å². The number of hydrogen-bond donors (Lipinski definition) is 2. The fourth-order valence-corrected chi connectivity index (χ4v) is 4.77. The number of H-pyrrole nitrogens is 1. The monoisotopic (exact) mass is 300 g/mol. The number of aryl methyl sites for hydroxylation is 2. The number of nitrogens with one attached hydrogen (secondary N) is 2. The average molecular weight is 300 g/mol. The summed E-state index contributed by atoms with van der Waals surface area (Å²) in [5.41, 5.74) is 1.14. The second-order valence-electron chi connectivity index (χ2n) is 5.72. The highest BCUT2D eigenvalue weighted by Crippen LogP contribution is 2.24. The molecule has 1 atom stereocenters. The van der Waals surface area contributed by atoms with E-state index in [1.165, 1.54) is 0 Å². The maximum Gasteiger partial charge on any atom is 0.247 e. The summed E-state index contributed by atoms with van der Waals surface area (Å²) in [7, 11) is -3.51. The molecule has 114 valence electrons. The van der Waals surface area contributed by atoms with E-state index in [1.54, 1.807) is 18.2 Å². The van der Waals surface area contributed by atoms with Crippen LogP contribution in [0.3, 0.4) is 0 Å². The lowest BCUT2D eigenvalue weighted by Crippen LogP contribution is -2.44. The van der Waals surface area contributed by atoms with Crippen LogP contribution < -0.4 is 5.32 Å². The van der Waals surface area contributed by atoms with Gasteiger partial charge >= 0.3 is 0 Å². The van der Waals surface area contributed by atoms with Crippen molar-refractivity contribution in [1.29, 1.82) is 0 Å². The summed E-state index contributed by atoms with van der Waals surface area (Å²) < 4.78 is 27.4. The molecule has 1 fully saturated rings. The maximum atomic E-state index is 12.9. The SMILES string of the molecule is Cc1n[nH]c(C)c1S(=O)(=O)N(CC1CCCN1)C(C)C. The summed E-state index contributed by atoms with van der Waals surface area (Å²) in [4.78, 5) is 0.323. The molecule has 0 aliphatic carbocycles. The average Bonchev–Trinajstić information content (AvgIpc) is 2.95. The summed E-state index contributed by atoms with van der Waals surface area (Å²) in [5.74, 6) is 0. The molecule has 0 amide bonds. The Kier molecular flexibility index (Phi) is 4.51. The maximum absolute atomic E-state index is 12.9. The van der Waals surface area contributed by atoms with Gasteiger partial charge in [-0.1, -0.05) is 0 Å². The minimum absolute atomic E-state index is 0.0731. The third-order valence-corrected chi connectivity index (χ3v) is 6.07. The van der Waals surface area contributed by atoms with Gasteiger partial charge in [0, 0.05) is 18.6 Å². The van der Waals surface area contributed by atoms with Crippen LogP contribution in [0.25, 0.3) is 0 Å². The third kappa shape index (κ3) is 2.89. The van der Waals surface area contributed by atoms with Crippen molar-refractivity contribution >= 4 is 10.0 Å². The number of rotatable bonds is 5. The highest BCUT2D eigenvalue weighted by molar-refractivity contribution is 7.89. The molecule has 1 aromatic heterocycles. The van der Waals surface area contributed by atoms with Crippen LogP contribution in [0.5, 0.6) is 0 Å². The first-order chi connectivity index (χ1) is 9.34. The Hall–Kier alpha value is -0.920. The zero-order valence-corrected chi connectivity index (χ0v) is 13.4. The van der Waals surface area contributed by atoms with Crippen molar-refractivity contribution in [3.63, 3.8) is 0 Å². The van der Waals surface area contributed by atoms with Gasteiger partial charge in [-0.15, -0.1) is 0 Å². The molecule has 2 rings (SSSR count). The number of nitrogens with zero attached hydrogens (tertiary/aromatic N) is 2. The highest BCUT2D eigenvalue weighted by atomic mass is 32.2. The second-order valence-corrected chi connectivity index (χ2v) is 7.55. The van der Waals surface area contributed by atoms with E-state index in [4.69, 9.17) is 0 Å². The Bertz CT molecular complexity index is 539. The molecule has 1 unspecified atom stereocenters. The van der Waals surface area contributed by atoms with Crippen molar-refractivity contribution in [1.82, 2.24) is 19.8 Å². The molecule has 6 nitrogen and oxygen atoms in total. The standard InChI is InChI=1S/C13H24N4O2S/c1-9(2)17(8-12-6-5-7-14-12)20(18,19)13-10(3)15-16-11(13)4/h9,12,14H,5-8H2,1-4H3,(H,15,16). The second kappa shape index (κ2) is 5.83. The van der Waals surface area contributed by atoms with Crippen LogP contribution in [0.4, 0.5) is 0 Å². The Labute approximate surface area is 121 Å². The van der Waals surface area contributed by atoms with Gasteiger partial charge in [0.2, 0.25) is 10.0 Å².